The molecule has 0 aromatic heterocycles. The molecule has 1 amide bonds. The quantitative estimate of drug-likeness (QED) is 0.0165. The van der Waals surface area contributed by atoms with E-state index >= 15 is 0 Å². The summed E-state index contributed by atoms with van der Waals surface area (Å²) in [5.74, 6) is -0.803. The number of nitrogens with one attached hydrogen (secondary N) is 1. The number of anilines is 2. The number of fused-ring (bicyclic) bond motifs is 1. The van der Waals surface area contributed by atoms with E-state index in [1.165, 1.54) is 19.2 Å². The smallest absolute Gasteiger partial charge is 0.255 e. The van der Waals surface area contributed by atoms with E-state index in [1.54, 1.807) is 72.8 Å². The van der Waals surface area contributed by atoms with E-state index in [0.29, 0.717) is 50.3 Å². The minimum absolute atomic E-state index is 0. The van der Waals surface area contributed by atoms with E-state index in [4.69, 9.17) is 21.0 Å². The number of ether oxygens (including phenoxy) is 1. The van der Waals surface area contributed by atoms with Gasteiger partial charge in [-0.05, 0) is 78.2 Å². The van der Waals surface area contributed by atoms with Crippen molar-refractivity contribution >= 4 is 74.9 Å². The van der Waals surface area contributed by atoms with Crippen molar-refractivity contribution in [3.8, 4) is 17.2 Å². The standard InChI is InChI=1S/C30H24N6O10S2.Cu/c1-42-26-15-23(25(37)14-24(26)35-33-19-6-9-21(10-7-19)47-45-43-40)34-36-28-27(48-46-44-41)13-17-12-20(8-11-22(17)29(28)38)32-30(39)16-2-4-18(31)5-3-16;/h2-15,37-38,40-41H,31H2,1H3,(H,32,39);. The molecule has 257 valence electrons. The number of benzene rings is 5. The van der Waals surface area contributed by atoms with E-state index in [1.807, 2.05) is 0 Å². The van der Waals surface area contributed by atoms with Crippen LogP contribution in [0.2, 0.25) is 0 Å². The van der Waals surface area contributed by atoms with Crippen molar-refractivity contribution in [1.29, 1.82) is 0 Å². The van der Waals surface area contributed by atoms with Gasteiger partial charge in [-0.25, -0.2) is 10.5 Å². The number of nitrogen functional groups attached to an aromatic ring is 1. The topological polar surface area (TPSA) is 232 Å². The summed E-state index contributed by atoms with van der Waals surface area (Å²) in [6.45, 7) is 0. The van der Waals surface area contributed by atoms with Crippen molar-refractivity contribution < 1.29 is 66.1 Å². The molecule has 16 nitrogen and oxygen atoms in total. The number of phenolic OH excluding ortho intramolecular Hbond substituents is 2. The number of phenols is 2. The monoisotopic (exact) mass is 755 g/mol. The molecule has 5 aromatic rings. The molecule has 0 atom stereocenters. The van der Waals surface area contributed by atoms with Crippen molar-refractivity contribution in [2.45, 2.75) is 9.79 Å². The first kappa shape index (κ1) is 37.0. The zero-order valence-electron chi connectivity index (χ0n) is 24.8. The molecular weight excluding hydrogens is 732 g/mol. The van der Waals surface area contributed by atoms with Gasteiger partial charge >= 0.3 is 0 Å². The Morgan fingerprint density at radius 1 is 0.796 bits per heavy atom. The van der Waals surface area contributed by atoms with Crippen molar-refractivity contribution in [3.05, 3.63) is 90.5 Å². The second kappa shape index (κ2) is 17.6. The normalized spacial score (nSPS) is 11.2. The summed E-state index contributed by atoms with van der Waals surface area (Å²) in [6, 6.07) is 22.0. The molecule has 0 saturated heterocycles. The number of nitrogens with zero attached hydrogens (tertiary/aromatic N) is 4. The molecule has 0 fully saturated rings. The predicted octanol–water partition coefficient (Wildman–Crippen LogP) is 8.78. The molecule has 0 spiro atoms. The van der Waals surface area contributed by atoms with Crippen molar-refractivity contribution in [2.24, 2.45) is 20.5 Å². The molecule has 0 saturated carbocycles. The molecule has 5 aromatic carbocycles. The molecule has 0 aliphatic rings. The van der Waals surface area contributed by atoms with Gasteiger partial charge < -0.3 is 26.0 Å². The van der Waals surface area contributed by atoms with Crippen LogP contribution in [-0.4, -0.2) is 33.7 Å². The van der Waals surface area contributed by atoms with E-state index in [-0.39, 0.29) is 62.2 Å². The van der Waals surface area contributed by atoms with Crippen LogP contribution in [0.5, 0.6) is 17.2 Å². The summed E-state index contributed by atoms with van der Waals surface area (Å²) in [7, 11) is 1.39. The first-order chi connectivity index (χ1) is 23.3. The molecule has 5 rings (SSSR count). The van der Waals surface area contributed by atoms with Gasteiger partial charge in [0, 0.05) is 56.4 Å². The van der Waals surface area contributed by atoms with Crippen LogP contribution in [0.4, 0.5) is 34.1 Å². The second-order valence-electron chi connectivity index (χ2n) is 9.44. The molecule has 0 bridgehead atoms. The molecule has 7 N–H and O–H groups in total. The maximum Gasteiger partial charge on any atom is 0.255 e. The minimum atomic E-state index is -0.368. The largest absolute Gasteiger partial charge is 0.506 e. The van der Waals surface area contributed by atoms with E-state index in [9.17, 15) is 15.0 Å². The Hall–Kier alpha value is -4.79. The summed E-state index contributed by atoms with van der Waals surface area (Å²) in [6.07, 6.45) is 0. The van der Waals surface area contributed by atoms with Gasteiger partial charge in [-0.1, -0.05) is 10.1 Å². The maximum atomic E-state index is 12.7. The maximum absolute atomic E-state index is 12.7. The third kappa shape index (κ3) is 9.43. The number of rotatable bonds is 13. The van der Waals surface area contributed by atoms with Gasteiger partial charge in [0.15, 0.2) is 5.75 Å². The Balaban J connectivity index is 0.00000541. The number of methoxy groups -OCH3 is 1. The van der Waals surface area contributed by atoms with Gasteiger partial charge in [0.2, 0.25) is 0 Å². The third-order valence-corrected chi connectivity index (χ3v) is 7.65. The van der Waals surface area contributed by atoms with Crippen molar-refractivity contribution in [1.82, 2.24) is 0 Å². The number of hydrogen-bond donors (Lipinski definition) is 6. The molecule has 0 aliphatic carbocycles. The summed E-state index contributed by atoms with van der Waals surface area (Å²) in [5.41, 5.74) is 7.59. The van der Waals surface area contributed by atoms with Gasteiger partial charge in [-0.3, -0.25) is 4.79 Å². The van der Waals surface area contributed by atoms with Crippen LogP contribution >= 0.6 is 24.1 Å². The van der Waals surface area contributed by atoms with Gasteiger partial charge in [0.05, 0.1) is 41.8 Å². The summed E-state index contributed by atoms with van der Waals surface area (Å²) in [4.78, 5) is 13.5. The molecule has 0 unspecified atom stereocenters. The Kier molecular flexibility index (Phi) is 13.3. The summed E-state index contributed by atoms with van der Waals surface area (Å²) >= 11 is 1.32. The van der Waals surface area contributed by atoms with Gasteiger partial charge in [0.25, 0.3) is 5.91 Å². The Labute approximate surface area is 296 Å². The van der Waals surface area contributed by atoms with Crippen LogP contribution in [0.3, 0.4) is 0 Å². The second-order valence-corrected chi connectivity index (χ2v) is 11.0. The number of aromatic hydroxyl groups is 2. The molecule has 0 heterocycles. The third-order valence-electron chi connectivity index (χ3n) is 6.44. The van der Waals surface area contributed by atoms with E-state index in [0.717, 1.165) is 12.0 Å². The molecule has 1 radical (unpaired) electrons. The first-order valence-electron chi connectivity index (χ1n) is 13.4. The van der Waals surface area contributed by atoms with Gasteiger partial charge in [0.1, 0.15) is 28.6 Å². The Morgan fingerprint density at radius 2 is 1.49 bits per heavy atom. The van der Waals surface area contributed by atoms with Crippen LogP contribution < -0.4 is 15.8 Å². The van der Waals surface area contributed by atoms with E-state index in [2.05, 4.69) is 44.5 Å². The predicted molar refractivity (Wildman–Crippen MR) is 175 cm³/mol. The Bertz CT molecular complexity index is 1990. The number of hydrogen-bond acceptors (Lipinski definition) is 17. The molecular formula is C30H24CuN6O10S2. The fraction of sp³-hybridized carbons (Fsp3) is 0.0333. The number of amides is 1. The molecule has 0 aliphatic heterocycles. The average molecular weight is 756 g/mol. The molecule has 19 heteroatoms. The number of nitrogens with two attached hydrogens (primary N) is 1. The van der Waals surface area contributed by atoms with Crippen LogP contribution in [0.1, 0.15) is 10.4 Å². The zero-order valence-corrected chi connectivity index (χ0v) is 27.4. The minimum Gasteiger partial charge on any atom is -0.506 e. The average Bonchev–Trinajstić information content (AvgIpc) is 3.09. The molecule has 49 heavy (non-hydrogen) atoms. The Morgan fingerprint density at radius 3 is 2.18 bits per heavy atom. The van der Waals surface area contributed by atoms with Gasteiger partial charge in [-0.2, -0.15) is 5.11 Å². The van der Waals surface area contributed by atoms with Crippen molar-refractivity contribution in [3.63, 3.8) is 0 Å². The number of carbonyl (C=O) groups excluding carboxylic acids is 1. The fourth-order valence-electron chi connectivity index (χ4n) is 4.19. The zero-order chi connectivity index (χ0) is 34.0. The van der Waals surface area contributed by atoms with Gasteiger partial charge in [-0.15, -0.1) is 24.0 Å². The van der Waals surface area contributed by atoms with Crippen LogP contribution in [-0.2, 0) is 35.8 Å². The first-order valence-corrected chi connectivity index (χ1v) is 14.9. The summed E-state index contributed by atoms with van der Waals surface area (Å²) < 4.78 is 14.4. The van der Waals surface area contributed by atoms with Crippen LogP contribution in [0, 0.1) is 0 Å². The summed E-state index contributed by atoms with van der Waals surface area (Å²) in [5, 5.41) is 66.3. The fourth-order valence-corrected chi connectivity index (χ4v) is 5.04. The van der Waals surface area contributed by atoms with Crippen LogP contribution in [0.15, 0.2) is 115 Å². The number of carbonyl (C=O) groups is 1. The van der Waals surface area contributed by atoms with Crippen LogP contribution in [0.25, 0.3) is 10.8 Å². The van der Waals surface area contributed by atoms with E-state index < -0.39 is 0 Å². The SMILES string of the molecule is COc1cc(N=Nc2c(SOOO)cc3cc(NC(=O)c4ccc(N)cc4)ccc3c2O)c(O)cc1N=Nc1ccc(SOOO)cc1.[Cu]. The number of azo groups is 2. The van der Waals surface area contributed by atoms with Crippen molar-refractivity contribution in [2.75, 3.05) is 18.2 Å².